The molecule has 0 aliphatic rings. The lowest BCUT2D eigenvalue weighted by atomic mass is 10.2. The van der Waals surface area contributed by atoms with E-state index in [4.69, 9.17) is 23.2 Å². The van der Waals surface area contributed by atoms with Gasteiger partial charge < -0.3 is 20.4 Å². The van der Waals surface area contributed by atoms with Crippen LogP contribution in [0.2, 0.25) is 10.0 Å². The lowest BCUT2D eigenvalue weighted by molar-refractivity contribution is -0.137. The van der Waals surface area contributed by atoms with E-state index in [-0.39, 0.29) is 30.0 Å². The van der Waals surface area contributed by atoms with E-state index < -0.39 is 11.7 Å². The van der Waals surface area contributed by atoms with E-state index in [1.807, 2.05) is 43.3 Å². The third-order valence-electron chi connectivity index (χ3n) is 5.05. The number of carbonyl (C=O) groups excluding carboxylic acids is 1. The first-order valence-corrected chi connectivity index (χ1v) is 11.3. The molecule has 1 aromatic heterocycles. The molecule has 2 amide bonds. The highest BCUT2D eigenvalue weighted by atomic mass is 35.5. The molecule has 2 aromatic carbocycles. The maximum Gasteiger partial charge on any atom is 0.417 e. The molecule has 2 N–H and O–H groups in total. The van der Waals surface area contributed by atoms with Crippen molar-refractivity contribution in [1.82, 2.24) is 9.88 Å². The summed E-state index contributed by atoms with van der Waals surface area (Å²) < 4.78 is 38.5. The standard InChI is InChI=1S/C24H24Cl2F3N5O/c1-33(2)20-9-3-16(4-10-20)15-34(23(35)32-19-7-5-18(25)6-8-19)12-11-30-22-21(26)13-17(14-31-22)24(27,28)29/h3-10,13-14H,11-12,15H2,1-2H3,(H,30,31)(H,32,35). The average molecular weight is 526 g/mol. The fourth-order valence-electron chi connectivity index (χ4n) is 3.14. The first kappa shape index (κ1) is 26.4. The highest BCUT2D eigenvalue weighted by Gasteiger charge is 2.31. The van der Waals surface area contributed by atoms with Gasteiger partial charge in [-0.3, -0.25) is 0 Å². The van der Waals surface area contributed by atoms with Gasteiger partial charge in [-0.2, -0.15) is 13.2 Å². The molecule has 0 saturated carbocycles. The van der Waals surface area contributed by atoms with Gasteiger partial charge in [0.25, 0.3) is 0 Å². The maximum absolute atomic E-state index is 13.0. The average Bonchev–Trinajstić information content (AvgIpc) is 2.80. The molecule has 3 rings (SSSR count). The maximum atomic E-state index is 13.0. The van der Waals surface area contributed by atoms with E-state index in [0.29, 0.717) is 23.5 Å². The van der Waals surface area contributed by atoms with Crippen LogP contribution in [0.25, 0.3) is 0 Å². The number of aromatic nitrogens is 1. The molecule has 0 aliphatic carbocycles. The predicted molar refractivity (Wildman–Crippen MR) is 134 cm³/mol. The van der Waals surface area contributed by atoms with Crippen molar-refractivity contribution in [3.63, 3.8) is 0 Å². The monoisotopic (exact) mass is 525 g/mol. The zero-order valence-electron chi connectivity index (χ0n) is 19.0. The van der Waals surface area contributed by atoms with Crippen molar-refractivity contribution in [2.75, 3.05) is 42.7 Å². The van der Waals surface area contributed by atoms with Crippen LogP contribution in [0.15, 0.2) is 60.8 Å². The van der Waals surface area contributed by atoms with Gasteiger partial charge in [-0.05, 0) is 48.0 Å². The summed E-state index contributed by atoms with van der Waals surface area (Å²) in [5.74, 6) is 0.105. The molecule has 3 aromatic rings. The smallest absolute Gasteiger partial charge is 0.378 e. The van der Waals surface area contributed by atoms with E-state index in [2.05, 4.69) is 15.6 Å². The van der Waals surface area contributed by atoms with Crippen LogP contribution in [0.4, 0.5) is 35.2 Å². The highest BCUT2D eigenvalue weighted by Crippen LogP contribution is 2.32. The summed E-state index contributed by atoms with van der Waals surface area (Å²) in [5, 5.41) is 6.12. The number of hydrogen-bond donors (Lipinski definition) is 2. The van der Waals surface area contributed by atoms with Gasteiger partial charge in [0.15, 0.2) is 0 Å². The summed E-state index contributed by atoms with van der Waals surface area (Å²) in [7, 11) is 3.87. The molecule has 0 spiro atoms. The Labute approximate surface area is 211 Å². The van der Waals surface area contributed by atoms with Crippen molar-refractivity contribution in [2.45, 2.75) is 12.7 Å². The Morgan fingerprint density at radius 2 is 1.69 bits per heavy atom. The summed E-state index contributed by atoms with van der Waals surface area (Å²) in [6.07, 6.45) is -3.82. The number of alkyl halides is 3. The van der Waals surface area contributed by atoms with Crippen LogP contribution in [0.3, 0.4) is 0 Å². The van der Waals surface area contributed by atoms with Crippen molar-refractivity contribution >= 4 is 46.4 Å². The molecular formula is C24H24Cl2F3N5O. The van der Waals surface area contributed by atoms with Crippen LogP contribution < -0.4 is 15.5 Å². The lowest BCUT2D eigenvalue weighted by Gasteiger charge is -2.24. The van der Waals surface area contributed by atoms with Gasteiger partial charge in [-0.15, -0.1) is 0 Å². The Kier molecular flexibility index (Phi) is 8.69. The Bertz CT molecular complexity index is 1140. The summed E-state index contributed by atoms with van der Waals surface area (Å²) >= 11 is 11.9. The number of nitrogens with one attached hydrogen (secondary N) is 2. The molecule has 1 heterocycles. The number of anilines is 3. The molecule has 35 heavy (non-hydrogen) atoms. The number of urea groups is 1. The molecule has 186 valence electrons. The van der Waals surface area contributed by atoms with Crippen molar-refractivity contribution in [3.8, 4) is 0 Å². The zero-order chi connectivity index (χ0) is 25.6. The first-order chi connectivity index (χ1) is 16.5. The van der Waals surface area contributed by atoms with Gasteiger partial charge in [-0.1, -0.05) is 35.3 Å². The van der Waals surface area contributed by atoms with Crippen LogP contribution in [-0.4, -0.2) is 43.1 Å². The number of benzene rings is 2. The number of nitrogens with zero attached hydrogens (tertiary/aromatic N) is 3. The largest absolute Gasteiger partial charge is 0.417 e. The molecule has 6 nitrogen and oxygen atoms in total. The van der Waals surface area contributed by atoms with Crippen LogP contribution in [0, 0.1) is 0 Å². The molecule has 0 bridgehead atoms. The third kappa shape index (κ3) is 7.66. The van der Waals surface area contributed by atoms with Crippen LogP contribution in [0.5, 0.6) is 0 Å². The van der Waals surface area contributed by atoms with E-state index in [1.54, 1.807) is 29.2 Å². The van der Waals surface area contributed by atoms with Gasteiger partial charge in [0.2, 0.25) is 0 Å². The lowest BCUT2D eigenvalue weighted by Crippen LogP contribution is -2.37. The van der Waals surface area contributed by atoms with Gasteiger partial charge in [-0.25, -0.2) is 9.78 Å². The number of hydrogen-bond acceptors (Lipinski definition) is 4. The zero-order valence-corrected chi connectivity index (χ0v) is 20.5. The Balaban J connectivity index is 1.70. The molecule has 0 saturated heterocycles. The number of pyridine rings is 1. The summed E-state index contributed by atoms with van der Waals surface area (Å²) in [5.41, 5.74) is 1.58. The number of halogens is 5. The number of amides is 2. The molecule has 0 radical (unpaired) electrons. The SMILES string of the molecule is CN(C)c1ccc(CN(CCNc2ncc(C(F)(F)F)cc2Cl)C(=O)Nc2ccc(Cl)cc2)cc1. The van der Waals surface area contributed by atoms with Crippen molar-refractivity contribution in [2.24, 2.45) is 0 Å². The van der Waals surface area contributed by atoms with Crippen molar-refractivity contribution in [3.05, 3.63) is 82.0 Å². The number of rotatable bonds is 8. The minimum absolute atomic E-state index is 0.105. The Morgan fingerprint density at radius 1 is 1.03 bits per heavy atom. The first-order valence-electron chi connectivity index (χ1n) is 10.6. The van der Waals surface area contributed by atoms with Crippen LogP contribution in [-0.2, 0) is 12.7 Å². The fourth-order valence-corrected chi connectivity index (χ4v) is 3.50. The summed E-state index contributed by atoms with van der Waals surface area (Å²) in [6, 6.07) is 14.9. The Hall–Kier alpha value is -3.17. The molecule has 0 unspecified atom stereocenters. The van der Waals surface area contributed by atoms with Crippen LogP contribution >= 0.6 is 23.2 Å². The van der Waals surface area contributed by atoms with E-state index >= 15 is 0 Å². The molecule has 0 aliphatic heterocycles. The van der Waals surface area contributed by atoms with Gasteiger partial charge in [0.05, 0.1) is 10.6 Å². The van der Waals surface area contributed by atoms with Gasteiger partial charge >= 0.3 is 12.2 Å². The quantitative estimate of drug-likeness (QED) is 0.347. The van der Waals surface area contributed by atoms with Gasteiger partial charge in [0, 0.05) is 56.3 Å². The summed E-state index contributed by atoms with van der Waals surface area (Å²) in [6.45, 7) is 0.749. The van der Waals surface area contributed by atoms with E-state index in [9.17, 15) is 18.0 Å². The fraction of sp³-hybridized carbons (Fsp3) is 0.250. The second-order valence-corrected chi connectivity index (χ2v) is 8.74. The van der Waals surface area contributed by atoms with Crippen molar-refractivity contribution < 1.29 is 18.0 Å². The molecule has 11 heteroatoms. The minimum Gasteiger partial charge on any atom is -0.378 e. The predicted octanol–water partition coefficient (Wildman–Crippen LogP) is 6.62. The highest BCUT2D eigenvalue weighted by molar-refractivity contribution is 6.33. The molecular weight excluding hydrogens is 502 g/mol. The third-order valence-corrected chi connectivity index (χ3v) is 5.59. The normalized spacial score (nSPS) is 11.2. The van der Waals surface area contributed by atoms with E-state index in [1.165, 1.54) is 0 Å². The number of carbonyl (C=O) groups is 1. The van der Waals surface area contributed by atoms with Crippen LogP contribution in [0.1, 0.15) is 11.1 Å². The molecule has 0 fully saturated rings. The Morgan fingerprint density at radius 3 is 2.26 bits per heavy atom. The second kappa shape index (κ2) is 11.5. The second-order valence-electron chi connectivity index (χ2n) is 7.90. The summed E-state index contributed by atoms with van der Waals surface area (Å²) in [4.78, 5) is 20.3. The molecule has 0 atom stereocenters. The van der Waals surface area contributed by atoms with Crippen molar-refractivity contribution in [1.29, 1.82) is 0 Å². The van der Waals surface area contributed by atoms with Gasteiger partial charge in [0.1, 0.15) is 5.82 Å². The minimum atomic E-state index is -4.53. The topological polar surface area (TPSA) is 60.5 Å². The van der Waals surface area contributed by atoms with E-state index in [0.717, 1.165) is 17.3 Å².